The number of amides is 2. The average Bonchev–Trinajstić information content (AvgIpc) is 3.00. The molecule has 0 radical (unpaired) electrons. The van der Waals surface area contributed by atoms with Gasteiger partial charge in [0.2, 0.25) is 0 Å². The van der Waals surface area contributed by atoms with Crippen molar-refractivity contribution in [3.05, 3.63) is 52.8 Å². The highest BCUT2D eigenvalue weighted by molar-refractivity contribution is 7.80. The molecular formula is C23H25N3O3S. The summed E-state index contributed by atoms with van der Waals surface area (Å²) in [5, 5.41) is 2.71. The van der Waals surface area contributed by atoms with Gasteiger partial charge in [0.1, 0.15) is 11.3 Å². The number of carbonyl (C=O) groups excluding carboxylic acids is 2. The van der Waals surface area contributed by atoms with Gasteiger partial charge in [0, 0.05) is 19.2 Å². The Morgan fingerprint density at radius 1 is 1.03 bits per heavy atom. The molecule has 2 amide bonds. The zero-order chi connectivity index (χ0) is 21.3. The van der Waals surface area contributed by atoms with E-state index in [1.54, 1.807) is 6.07 Å². The van der Waals surface area contributed by atoms with E-state index in [-0.39, 0.29) is 10.7 Å². The van der Waals surface area contributed by atoms with Crippen molar-refractivity contribution in [3.63, 3.8) is 0 Å². The summed E-state index contributed by atoms with van der Waals surface area (Å²) in [5.41, 5.74) is 2.64. The van der Waals surface area contributed by atoms with Crippen LogP contribution in [0.3, 0.4) is 0 Å². The van der Waals surface area contributed by atoms with Crippen molar-refractivity contribution in [1.82, 2.24) is 5.32 Å². The number of furan rings is 1. The summed E-state index contributed by atoms with van der Waals surface area (Å²) in [6.45, 7) is 5.81. The van der Waals surface area contributed by atoms with E-state index in [1.165, 1.54) is 23.8 Å². The molecule has 0 bridgehead atoms. The number of carbonyl (C=O) groups is 2. The Kier molecular flexibility index (Phi) is 5.72. The predicted molar refractivity (Wildman–Crippen MR) is 122 cm³/mol. The number of hydrogen-bond acceptors (Lipinski definition) is 5. The van der Waals surface area contributed by atoms with E-state index in [2.05, 4.69) is 10.2 Å². The fourth-order valence-electron chi connectivity index (χ4n) is 3.88. The van der Waals surface area contributed by atoms with Crippen LogP contribution < -0.4 is 15.1 Å². The van der Waals surface area contributed by atoms with Crippen LogP contribution in [0.25, 0.3) is 6.08 Å². The van der Waals surface area contributed by atoms with Crippen LogP contribution in [0.5, 0.6) is 0 Å². The van der Waals surface area contributed by atoms with E-state index in [1.807, 2.05) is 38.1 Å². The largest absolute Gasteiger partial charge is 0.441 e. The molecule has 2 aromatic rings. The molecular weight excluding hydrogens is 398 g/mol. The fourth-order valence-corrected chi connectivity index (χ4v) is 4.15. The minimum absolute atomic E-state index is 0.00118. The van der Waals surface area contributed by atoms with Gasteiger partial charge in [-0.15, -0.1) is 0 Å². The molecule has 2 aliphatic rings. The molecule has 1 aromatic carbocycles. The van der Waals surface area contributed by atoms with E-state index in [0.29, 0.717) is 11.4 Å². The molecule has 156 valence electrons. The first-order chi connectivity index (χ1) is 14.5. The number of benzene rings is 1. The van der Waals surface area contributed by atoms with Crippen LogP contribution in [0.1, 0.15) is 42.6 Å². The molecule has 30 heavy (non-hydrogen) atoms. The van der Waals surface area contributed by atoms with E-state index in [0.717, 1.165) is 42.9 Å². The third-order valence-corrected chi connectivity index (χ3v) is 6.02. The fraction of sp³-hybridized carbons (Fsp3) is 0.348. The highest BCUT2D eigenvalue weighted by Crippen LogP contribution is 2.28. The minimum atomic E-state index is -0.515. The molecule has 1 aromatic heterocycles. The van der Waals surface area contributed by atoms with Crippen molar-refractivity contribution >= 4 is 46.8 Å². The maximum Gasteiger partial charge on any atom is 0.270 e. The molecule has 2 saturated heterocycles. The van der Waals surface area contributed by atoms with Crippen molar-refractivity contribution in [2.75, 3.05) is 22.9 Å². The summed E-state index contributed by atoms with van der Waals surface area (Å²) < 4.78 is 5.95. The summed E-state index contributed by atoms with van der Waals surface area (Å²) >= 11 is 5.30. The van der Waals surface area contributed by atoms with Gasteiger partial charge in [0.25, 0.3) is 11.8 Å². The van der Waals surface area contributed by atoms with Crippen molar-refractivity contribution < 1.29 is 14.0 Å². The number of nitrogens with one attached hydrogen (secondary N) is 1. The van der Waals surface area contributed by atoms with Crippen LogP contribution >= 0.6 is 12.2 Å². The Bertz CT molecular complexity index is 1030. The van der Waals surface area contributed by atoms with Crippen molar-refractivity contribution in [2.45, 2.75) is 39.5 Å². The second kappa shape index (κ2) is 8.44. The highest BCUT2D eigenvalue weighted by Gasteiger charge is 2.35. The first kappa shape index (κ1) is 20.3. The Balaban J connectivity index is 1.64. The van der Waals surface area contributed by atoms with E-state index >= 15 is 0 Å². The minimum Gasteiger partial charge on any atom is -0.441 e. The van der Waals surface area contributed by atoms with Crippen LogP contribution in [-0.4, -0.2) is 30.0 Å². The summed E-state index contributed by atoms with van der Waals surface area (Å²) in [4.78, 5) is 29.4. The summed E-state index contributed by atoms with van der Waals surface area (Å²) in [6.07, 6.45) is 6.24. The van der Waals surface area contributed by atoms with Crippen LogP contribution in [0.15, 0.2) is 40.3 Å². The topological polar surface area (TPSA) is 65.8 Å². The third-order valence-electron chi connectivity index (χ3n) is 5.74. The lowest BCUT2D eigenvalue weighted by Gasteiger charge is -2.30. The molecule has 4 rings (SSSR count). The van der Waals surface area contributed by atoms with Gasteiger partial charge in [0.15, 0.2) is 11.0 Å². The normalized spacial score (nSPS) is 19.3. The molecule has 7 heteroatoms. The first-order valence-corrected chi connectivity index (χ1v) is 10.7. The molecule has 0 atom stereocenters. The average molecular weight is 424 g/mol. The summed E-state index contributed by atoms with van der Waals surface area (Å²) in [5.74, 6) is 0.278. The van der Waals surface area contributed by atoms with E-state index < -0.39 is 11.8 Å². The van der Waals surface area contributed by atoms with Gasteiger partial charge in [-0.05, 0) is 68.2 Å². The Morgan fingerprint density at radius 2 is 1.77 bits per heavy atom. The van der Waals surface area contributed by atoms with Gasteiger partial charge in [-0.25, -0.2) is 0 Å². The van der Waals surface area contributed by atoms with E-state index in [4.69, 9.17) is 16.6 Å². The van der Waals surface area contributed by atoms with Gasteiger partial charge in [-0.1, -0.05) is 25.0 Å². The van der Waals surface area contributed by atoms with Crippen LogP contribution in [-0.2, 0) is 9.59 Å². The Morgan fingerprint density at radius 3 is 2.50 bits per heavy atom. The smallest absolute Gasteiger partial charge is 0.270 e. The van der Waals surface area contributed by atoms with Gasteiger partial charge < -0.3 is 9.32 Å². The molecule has 1 N–H and O–H groups in total. The Hall–Kier alpha value is -2.93. The molecule has 0 spiro atoms. The molecule has 0 saturated carbocycles. The number of hydrogen-bond donors (Lipinski definition) is 1. The maximum absolute atomic E-state index is 13.2. The van der Waals surface area contributed by atoms with Gasteiger partial charge in [-0.2, -0.15) is 0 Å². The predicted octanol–water partition coefficient (Wildman–Crippen LogP) is 4.11. The van der Waals surface area contributed by atoms with Gasteiger partial charge >= 0.3 is 0 Å². The lowest BCUT2D eigenvalue weighted by Crippen LogP contribution is -2.54. The molecule has 6 nitrogen and oxygen atoms in total. The molecule has 2 fully saturated rings. The quantitative estimate of drug-likeness (QED) is 0.457. The second-order valence-electron chi connectivity index (χ2n) is 7.75. The SMILES string of the molecule is Cc1cccc(N2C(=O)/C(=C/c3ccc(N4CCCCCC4)o3)C(=O)NC2=S)c1C. The summed E-state index contributed by atoms with van der Waals surface area (Å²) in [6, 6.07) is 9.36. The van der Waals surface area contributed by atoms with Crippen LogP contribution in [0.4, 0.5) is 11.6 Å². The van der Waals surface area contributed by atoms with Crippen molar-refractivity contribution in [2.24, 2.45) is 0 Å². The third kappa shape index (κ3) is 3.89. The summed E-state index contributed by atoms with van der Waals surface area (Å²) in [7, 11) is 0. The Labute approximate surface area is 181 Å². The number of anilines is 2. The standard InChI is InChI=1S/C23H25N3O3S/c1-15-8-7-9-19(16(15)2)26-22(28)18(21(27)24-23(26)30)14-17-10-11-20(29-17)25-12-5-3-4-6-13-25/h7-11,14H,3-6,12-13H2,1-2H3,(H,24,27,30)/b18-14+. The molecule has 0 unspecified atom stereocenters. The van der Waals surface area contributed by atoms with Gasteiger partial charge in [-0.3, -0.25) is 19.8 Å². The molecule has 0 aliphatic carbocycles. The lowest BCUT2D eigenvalue weighted by atomic mass is 10.0. The van der Waals surface area contributed by atoms with Crippen LogP contribution in [0, 0.1) is 13.8 Å². The lowest BCUT2D eigenvalue weighted by molar-refractivity contribution is -0.122. The van der Waals surface area contributed by atoms with Gasteiger partial charge in [0.05, 0.1) is 5.69 Å². The molecule has 3 heterocycles. The monoisotopic (exact) mass is 423 g/mol. The second-order valence-corrected chi connectivity index (χ2v) is 8.14. The van der Waals surface area contributed by atoms with E-state index in [9.17, 15) is 9.59 Å². The zero-order valence-corrected chi connectivity index (χ0v) is 18.1. The number of aryl methyl sites for hydroxylation is 1. The van der Waals surface area contributed by atoms with Crippen molar-refractivity contribution in [1.29, 1.82) is 0 Å². The maximum atomic E-state index is 13.2. The zero-order valence-electron chi connectivity index (χ0n) is 17.2. The highest BCUT2D eigenvalue weighted by atomic mass is 32.1. The number of thiocarbonyl (C=S) groups is 1. The van der Waals surface area contributed by atoms with Crippen LogP contribution in [0.2, 0.25) is 0 Å². The molecule has 2 aliphatic heterocycles. The van der Waals surface area contributed by atoms with Crippen molar-refractivity contribution in [3.8, 4) is 0 Å². The number of rotatable bonds is 3. The first-order valence-electron chi connectivity index (χ1n) is 10.3. The number of nitrogens with zero attached hydrogens (tertiary/aromatic N) is 2.